The monoisotopic (exact) mass is 240 g/mol. The summed E-state index contributed by atoms with van der Waals surface area (Å²) >= 11 is 0. The van der Waals surface area contributed by atoms with Gasteiger partial charge in [0.25, 0.3) is 0 Å². The van der Waals surface area contributed by atoms with Gasteiger partial charge in [0.15, 0.2) is 0 Å². The van der Waals surface area contributed by atoms with Crippen molar-refractivity contribution in [3.63, 3.8) is 0 Å². The number of aliphatic hydroxyl groups is 2. The van der Waals surface area contributed by atoms with Crippen LogP contribution in [0.5, 0.6) is 0 Å². The van der Waals surface area contributed by atoms with Crippen molar-refractivity contribution in [1.82, 2.24) is 0 Å². The molecule has 0 spiro atoms. The maximum atomic E-state index is 11.1. The van der Waals surface area contributed by atoms with Crippen molar-refractivity contribution in [2.24, 2.45) is 17.3 Å². The Balaban J connectivity index is 2.25. The summed E-state index contributed by atoms with van der Waals surface area (Å²) in [5.74, 6) is 0.604. The van der Waals surface area contributed by atoms with E-state index in [9.17, 15) is 10.2 Å². The molecule has 2 nitrogen and oxygen atoms in total. The third-order valence-corrected chi connectivity index (χ3v) is 5.83. The van der Waals surface area contributed by atoms with Crippen molar-refractivity contribution in [2.75, 3.05) is 0 Å². The molecule has 0 unspecified atom stereocenters. The zero-order valence-corrected chi connectivity index (χ0v) is 11.8. The molecular weight excluding hydrogens is 212 g/mol. The minimum absolute atomic E-state index is 0.0758. The van der Waals surface area contributed by atoms with E-state index in [-0.39, 0.29) is 11.3 Å². The van der Waals surface area contributed by atoms with Crippen LogP contribution in [0.25, 0.3) is 0 Å². The minimum Gasteiger partial charge on any atom is -0.390 e. The Bertz CT molecular complexity index is 294. The van der Waals surface area contributed by atoms with E-state index >= 15 is 0 Å². The van der Waals surface area contributed by atoms with Crippen molar-refractivity contribution in [1.29, 1.82) is 0 Å². The van der Waals surface area contributed by atoms with Gasteiger partial charge < -0.3 is 10.2 Å². The average Bonchev–Trinajstić information content (AvgIpc) is 2.19. The van der Waals surface area contributed by atoms with E-state index in [4.69, 9.17) is 0 Å². The van der Waals surface area contributed by atoms with Crippen LogP contribution in [0, 0.1) is 17.3 Å². The molecule has 0 aromatic carbocycles. The summed E-state index contributed by atoms with van der Waals surface area (Å²) < 4.78 is 0. The van der Waals surface area contributed by atoms with E-state index in [1.165, 1.54) is 6.42 Å². The Kier molecular flexibility index (Phi) is 3.11. The SMILES string of the molecule is C[C@H]1CCC[C@@]2(C)CC[C@@H](C(C)(C)O)C[C@]12O. The number of hydrogen-bond acceptors (Lipinski definition) is 2. The first-order chi connectivity index (χ1) is 7.69. The lowest BCUT2D eigenvalue weighted by Crippen LogP contribution is -2.59. The van der Waals surface area contributed by atoms with Gasteiger partial charge in [0.2, 0.25) is 0 Å². The summed E-state index contributed by atoms with van der Waals surface area (Å²) in [6.45, 7) is 8.21. The van der Waals surface area contributed by atoms with Gasteiger partial charge in [-0.05, 0) is 63.2 Å². The van der Waals surface area contributed by atoms with Crippen LogP contribution in [0.4, 0.5) is 0 Å². The van der Waals surface area contributed by atoms with Gasteiger partial charge in [-0.15, -0.1) is 0 Å². The van der Waals surface area contributed by atoms with Crippen molar-refractivity contribution in [3.05, 3.63) is 0 Å². The molecule has 0 saturated heterocycles. The number of fused-ring (bicyclic) bond motifs is 1. The molecule has 0 aromatic rings. The Morgan fingerprint density at radius 1 is 1.18 bits per heavy atom. The van der Waals surface area contributed by atoms with Crippen LogP contribution in [0.1, 0.15) is 66.2 Å². The van der Waals surface area contributed by atoms with E-state index in [0.29, 0.717) is 5.92 Å². The summed E-state index contributed by atoms with van der Waals surface area (Å²) in [4.78, 5) is 0. The minimum atomic E-state index is -0.659. The molecule has 0 radical (unpaired) electrons. The molecule has 100 valence electrons. The molecule has 2 rings (SSSR count). The lowest BCUT2D eigenvalue weighted by Gasteiger charge is -2.58. The van der Waals surface area contributed by atoms with Crippen molar-refractivity contribution in [3.8, 4) is 0 Å². The van der Waals surface area contributed by atoms with E-state index in [1.807, 2.05) is 13.8 Å². The van der Waals surface area contributed by atoms with Gasteiger partial charge in [-0.2, -0.15) is 0 Å². The van der Waals surface area contributed by atoms with E-state index < -0.39 is 11.2 Å². The second-order valence-corrected chi connectivity index (χ2v) is 7.37. The van der Waals surface area contributed by atoms with Crippen LogP contribution >= 0.6 is 0 Å². The van der Waals surface area contributed by atoms with Crippen molar-refractivity contribution >= 4 is 0 Å². The van der Waals surface area contributed by atoms with Crippen molar-refractivity contribution < 1.29 is 10.2 Å². The lowest BCUT2D eigenvalue weighted by atomic mass is 9.51. The molecule has 2 fully saturated rings. The van der Waals surface area contributed by atoms with Gasteiger partial charge >= 0.3 is 0 Å². The zero-order valence-electron chi connectivity index (χ0n) is 11.8. The average molecular weight is 240 g/mol. The van der Waals surface area contributed by atoms with Crippen LogP contribution in [-0.4, -0.2) is 21.4 Å². The predicted octanol–water partition coefficient (Wildman–Crippen LogP) is 3.11. The largest absolute Gasteiger partial charge is 0.390 e. The normalized spacial score (nSPS) is 47.6. The van der Waals surface area contributed by atoms with Gasteiger partial charge in [-0.25, -0.2) is 0 Å². The first-order valence-corrected chi connectivity index (χ1v) is 7.14. The fourth-order valence-electron chi connectivity index (χ4n) is 4.21. The molecule has 2 aliphatic rings. The maximum Gasteiger partial charge on any atom is 0.0730 e. The molecule has 0 aromatic heterocycles. The molecule has 0 heterocycles. The van der Waals surface area contributed by atoms with Gasteiger partial charge in [0.05, 0.1) is 11.2 Å². The Labute approximate surface area is 105 Å². The molecule has 0 amide bonds. The van der Waals surface area contributed by atoms with Gasteiger partial charge in [0.1, 0.15) is 0 Å². The summed E-state index contributed by atoms with van der Waals surface area (Å²) in [6, 6.07) is 0. The third kappa shape index (κ3) is 2.04. The number of hydrogen-bond donors (Lipinski definition) is 2. The summed E-state index contributed by atoms with van der Waals surface area (Å²) in [7, 11) is 0. The second-order valence-electron chi connectivity index (χ2n) is 7.37. The molecule has 4 atom stereocenters. The quantitative estimate of drug-likeness (QED) is 0.739. The molecule has 2 N–H and O–H groups in total. The van der Waals surface area contributed by atoms with Gasteiger partial charge in [0, 0.05) is 0 Å². The Hall–Kier alpha value is -0.0800. The van der Waals surface area contributed by atoms with E-state index in [0.717, 1.165) is 32.1 Å². The van der Waals surface area contributed by atoms with Gasteiger partial charge in [-0.1, -0.05) is 20.3 Å². The molecular formula is C15H28O2. The van der Waals surface area contributed by atoms with Crippen LogP contribution in [-0.2, 0) is 0 Å². The summed E-state index contributed by atoms with van der Waals surface area (Å²) in [6.07, 6.45) is 6.40. The van der Waals surface area contributed by atoms with E-state index in [2.05, 4.69) is 13.8 Å². The molecule has 2 aliphatic carbocycles. The van der Waals surface area contributed by atoms with Crippen LogP contribution < -0.4 is 0 Å². The highest BCUT2D eigenvalue weighted by Gasteiger charge is 2.56. The molecule has 17 heavy (non-hydrogen) atoms. The predicted molar refractivity (Wildman–Crippen MR) is 69.7 cm³/mol. The van der Waals surface area contributed by atoms with Crippen molar-refractivity contribution in [2.45, 2.75) is 77.4 Å². The number of rotatable bonds is 1. The van der Waals surface area contributed by atoms with Gasteiger partial charge in [-0.3, -0.25) is 0 Å². The van der Waals surface area contributed by atoms with Crippen LogP contribution in [0.2, 0.25) is 0 Å². The summed E-state index contributed by atoms with van der Waals surface area (Å²) in [5.41, 5.74) is -1.14. The zero-order chi connectivity index (χ0) is 12.9. The second kappa shape index (κ2) is 3.96. The first kappa shape index (κ1) is 13.4. The smallest absolute Gasteiger partial charge is 0.0730 e. The fraction of sp³-hybridized carbons (Fsp3) is 1.00. The van der Waals surface area contributed by atoms with Crippen LogP contribution in [0.3, 0.4) is 0 Å². The maximum absolute atomic E-state index is 11.1. The Morgan fingerprint density at radius 3 is 2.41 bits per heavy atom. The van der Waals surface area contributed by atoms with Crippen LogP contribution in [0.15, 0.2) is 0 Å². The Morgan fingerprint density at radius 2 is 1.82 bits per heavy atom. The highest BCUT2D eigenvalue weighted by molar-refractivity contribution is 5.07. The molecule has 2 heteroatoms. The highest BCUT2D eigenvalue weighted by Crippen LogP contribution is 2.57. The highest BCUT2D eigenvalue weighted by atomic mass is 16.3. The summed E-state index contributed by atoms with van der Waals surface area (Å²) in [5, 5.41) is 21.3. The molecule has 0 bridgehead atoms. The lowest BCUT2D eigenvalue weighted by molar-refractivity contribution is -0.194. The van der Waals surface area contributed by atoms with E-state index in [1.54, 1.807) is 0 Å². The fourth-order valence-corrected chi connectivity index (χ4v) is 4.21. The molecule has 2 saturated carbocycles. The first-order valence-electron chi connectivity index (χ1n) is 7.14. The molecule has 0 aliphatic heterocycles. The standard InChI is InChI=1S/C15H28O2/c1-11-6-5-8-14(4)9-7-12(13(2,3)16)10-15(11,14)17/h11-12,16-17H,5-10H2,1-4H3/t11-,12+,14-,15-/m0/s1. The topological polar surface area (TPSA) is 40.5 Å². The third-order valence-electron chi connectivity index (χ3n) is 5.83.